The predicted octanol–water partition coefficient (Wildman–Crippen LogP) is 5.46. The van der Waals surface area contributed by atoms with E-state index >= 15 is 0 Å². The first kappa shape index (κ1) is 28.8. The molecule has 1 amide bonds. The molecule has 6 nitrogen and oxygen atoms in total. The molecule has 3 N–H and O–H groups in total. The number of nitrogens with zero attached hydrogens (tertiary/aromatic N) is 1. The molecule has 0 saturated heterocycles. The van der Waals surface area contributed by atoms with Crippen molar-refractivity contribution >= 4 is 5.91 Å². The number of aliphatic hydroxyl groups excluding tert-OH is 1. The smallest absolute Gasteiger partial charge is 0.251 e. The van der Waals surface area contributed by atoms with E-state index in [0.717, 1.165) is 30.5 Å². The van der Waals surface area contributed by atoms with E-state index in [1.165, 1.54) is 16.7 Å². The fourth-order valence-corrected chi connectivity index (χ4v) is 5.04. The molecule has 1 aliphatic rings. The number of hydrogen-bond acceptors (Lipinski definition) is 5. The summed E-state index contributed by atoms with van der Waals surface area (Å²) < 4.78 is 5.87. The van der Waals surface area contributed by atoms with Gasteiger partial charge in [0.25, 0.3) is 5.91 Å². The third-order valence-electron chi connectivity index (χ3n) is 7.56. The van der Waals surface area contributed by atoms with Crippen LogP contribution >= 0.6 is 0 Å². The molecular weight excluding hydrogens is 486 g/mol. The Morgan fingerprint density at radius 3 is 2.64 bits per heavy atom. The molecule has 1 aliphatic heterocycles. The van der Waals surface area contributed by atoms with Crippen molar-refractivity contribution in [2.45, 2.75) is 83.9 Å². The van der Waals surface area contributed by atoms with Crippen molar-refractivity contribution in [3.63, 3.8) is 0 Å². The van der Waals surface area contributed by atoms with Gasteiger partial charge in [0.2, 0.25) is 5.88 Å². The zero-order valence-electron chi connectivity index (χ0n) is 24.0. The molecule has 0 fully saturated rings. The van der Waals surface area contributed by atoms with Crippen LogP contribution in [-0.2, 0) is 18.4 Å². The second kappa shape index (κ2) is 12.8. The Balaban J connectivity index is 1.57. The number of benzene rings is 2. The summed E-state index contributed by atoms with van der Waals surface area (Å²) in [7, 11) is 0. The summed E-state index contributed by atoms with van der Waals surface area (Å²) in [5, 5.41) is 18.1. The molecule has 2 aromatic carbocycles. The monoisotopic (exact) mass is 529 g/mol. The number of carbonyl (C=O) groups excluding carboxylic acids is 1. The molecule has 0 aliphatic carbocycles. The van der Waals surface area contributed by atoms with Crippen LogP contribution in [0.1, 0.15) is 84.8 Å². The largest absolute Gasteiger partial charge is 0.478 e. The summed E-state index contributed by atoms with van der Waals surface area (Å²) in [6, 6.07) is 20.0. The molecule has 2 atom stereocenters. The molecule has 4 rings (SSSR count). The molecule has 3 aromatic rings. The van der Waals surface area contributed by atoms with Gasteiger partial charge in [0.1, 0.15) is 0 Å². The second-order valence-corrected chi connectivity index (χ2v) is 11.6. The van der Waals surface area contributed by atoms with Crippen LogP contribution < -0.4 is 15.4 Å². The minimum absolute atomic E-state index is 0.246. The van der Waals surface area contributed by atoms with Gasteiger partial charge in [-0.3, -0.25) is 4.79 Å². The lowest BCUT2D eigenvalue weighted by atomic mass is 9.90. The molecule has 6 heteroatoms. The Labute approximate surface area is 233 Å². The van der Waals surface area contributed by atoms with Gasteiger partial charge in [-0.15, -0.1) is 0 Å². The lowest BCUT2D eigenvalue weighted by Crippen LogP contribution is -2.51. The zero-order valence-corrected chi connectivity index (χ0v) is 24.0. The van der Waals surface area contributed by atoms with Crippen molar-refractivity contribution in [3.8, 4) is 5.88 Å². The molecule has 2 heterocycles. The fourth-order valence-electron chi connectivity index (χ4n) is 5.04. The SMILES string of the molecule is Cc1cc2cc(n1)OCCCCc1cccc(c1)C[C@@H]([C@H](O)CNC(C)(C)c1cccc(C(C)C)c1)NC2=O. The molecule has 4 bridgehead atoms. The highest BCUT2D eigenvalue weighted by molar-refractivity contribution is 5.94. The zero-order chi connectivity index (χ0) is 28.0. The average Bonchev–Trinajstić information content (AvgIpc) is 2.91. The number of rotatable bonds is 6. The van der Waals surface area contributed by atoms with Gasteiger partial charge in [-0.25, -0.2) is 4.98 Å². The highest BCUT2D eigenvalue weighted by atomic mass is 16.5. The van der Waals surface area contributed by atoms with Crippen molar-refractivity contribution < 1.29 is 14.6 Å². The van der Waals surface area contributed by atoms with Crippen molar-refractivity contribution in [3.05, 3.63) is 94.2 Å². The summed E-state index contributed by atoms with van der Waals surface area (Å²) in [5.74, 6) is 0.651. The van der Waals surface area contributed by atoms with E-state index in [1.807, 2.05) is 6.92 Å². The first-order valence-electron chi connectivity index (χ1n) is 14.1. The van der Waals surface area contributed by atoms with Crippen LogP contribution in [0.4, 0.5) is 0 Å². The average molecular weight is 530 g/mol. The maximum absolute atomic E-state index is 13.4. The van der Waals surface area contributed by atoms with Crippen LogP contribution in [0.15, 0.2) is 60.7 Å². The minimum atomic E-state index is -0.806. The Bertz CT molecular complexity index is 1270. The van der Waals surface area contributed by atoms with E-state index in [1.54, 1.807) is 12.1 Å². The molecule has 0 unspecified atom stereocenters. The van der Waals surface area contributed by atoms with Gasteiger partial charge in [-0.1, -0.05) is 62.4 Å². The summed E-state index contributed by atoms with van der Waals surface area (Å²) in [6.07, 6.45) is 2.58. The maximum Gasteiger partial charge on any atom is 0.251 e. The lowest BCUT2D eigenvalue weighted by Gasteiger charge is -2.32. The van der Waals surface area contributed by atoms with Gasteiger partial charge >= 0.3 is 0 Å². The summed E-state index contributed by atoms with van der Waals surface area (Å²) in [5.41, 5.74) is 5.64. The Morgan fingerprint density at radius 1 is 1.08 bits per heavy atom. The third kappa shape index (κ3) is 7.90. The number of ether oxygens (including phenoxy) is 1. The van der Waals surface area contributed by atoms with E-state index < -0.39 is 12.1 Å². The number of aryl methyl sites for hydroxylation is 2. The number of aromatic nitrogens is 1. The number of hydrogen-bond donors (Lipinski definition) is 3. The highest BCUT2D eigenvalue weighted by Gasteiger charge is 2.27. The summed E-state index contributed by atoms with van der Waals surface area (Å²) >= 11 is 0. The number of fused-ring (bicyclic) bond motifs is 4. The van der Waals surface area contributed by atoms with E-state index in [2.05, 4.69) is 91.8 Å². The molecule has 208 valence electrons. The van der Waals surface area contributed by atoms with Crippen LogP contribution in [0, 0.1) is 6.92 Å². The molecule has 0 radical (unpaired) electrons. The lowest BCUT2D eigenvalue weighted by molar-refractivity contribution is 0.0813. The van der Waals surface area contributed by atoms with Crippen LogP contribution in [0.3, 0.4) is 0 Å². The Morgan fingerprint density at radius 2 is 1.85 bits per heavy atom. The number of nitrogens with one attached hydrogen (secondary N) is 2. The van der Waals surface area contributed by atoms with Gasteiger partial charge in [0.15, 0.2) is 0 Å². The molecular formula is C33H43N3O3. The minimum Gasteiger partial charge on any atom is -0.478 e. The molecule has 1 aromatic heterocycles. The second-order valence-electron chi connectivity index (χ2n) is 11.6. The first-order chi connectivity index (χ1) is 18.6. The Kier molecular flexibility index (Phi) is 9.41. The van der Waals surface area contributed by atoms with Gasteiger partial charge in [0.05, 0.1) is 18.8 Å². The van der Waals surface area contributed by atoms with E-state index in [4.69, 9.17) is 4.74 Å². The van der Waals surface area contributed by atoms with E-state index in [9.17, 15) is 9.90 Å². The van der Waals surface area contributed by atoms with Gasteiger partial charge in [-0.2, -0.15) is 0 Å². The van der Waals surface area contributed by atoms with Crippen LogP contribution in [0.2, 0.25) is 0 Å². The number of amides is 1. The van der Waals surface area contributed by atoms with Crippen molar-refractivity contribution in [2.75, 3.05) is 13.2 Å². The van der Waals surface area contributed by atoms with Crippen molar-refractivity contribution in [1.29, 1.82) is 0 Å². The normalized spacial score (nSPS) is 17.5. The summed E-state index contributed by atoms with van der Waals surface area (Å²) in [6.45, 7) is 11.4. The highest BCUT2D eigenvalue weighted by Crippen LogP contribution is 2.25. The van der Waals surface area contributed by atoms with Gasteiger partial charge in [-0.05, 0) is 80.7 Å². The van der Waals surface area contributed by atoms with Crippen molar-refractivity contribution in [2.24, 2.45) is 0 Å². The van der Waals surface area contributed by atoms with Crippen LogP contribution in [-0.4, -0.2) is 41.3 Å². The standard InChI is InChI=1S/C33H43N3O3/c1-22(2)26-13-9-14-28(19-26)33(4,5)34-21-30(37)29-18-25-12-8-11-24(17-25)10-6-7-15-39-31-20-27(32(38)36-29)16-23(3)35-31/h8-9,11-14,16-17,19-20,22,29-30,34,37H,6-7,10,15,18,21H2,1-5H3,(H,36,38)/t29-,30+/m0/s1. The number of carbonyl (C=O) groups is 1. The topological polar surface area (TPSA) is 83.5 Å². The predicted molar refractivity (Wildman–Crippen MR) is 156 cm³/mol. The maximum atomic E-state index is 13.4. The number of pyridine rings is 1. The molecule has 0 spiro atoms. The summed E-state index contributed by atoms with van der Waals surface area (Å²) in [4.78, 5) is 17.8. The van der Waals surface area contributed by atoms with Crippen molar-refractivity contribution in [1.82, 2.24) is 15.6 Å². The quantitative estimate of drug-likeness (QED) is 0.395. The van der Waals surface area contributed by atoms with Crippen LogP contribution in [0.5, 0.6) is 5.88 Å². The third-order valence-corrected chi connectivity index (χ3v) is 7.56. The van der Waals surface area contributed by atoms with E-state index in [-0.39, 0.29) is 11.4 Å². The molecule has 39 heavy (non-hydrogen) atoms. The number of aliphatic hydroxyl groups is 1. The molecule has 0 saturated carbocycles. The first-order valence-corrected chi connectivity index (χ1v) is 14.1. The Hall–Kier alpha value is -3.22. The van der Waals surface area contributed by atoms with Crippen LogP contribution in [0.25, 0.3) is 0 Å². The van der Waals surface area contributed by atoms with E-state index in [0.29, 0.717) is 36.9 Å². The van der Waals surface area contributed by atoms with Gasteiger partial charge < -0.3 is 20.5 Å². The fraction of sp³-hybridized carbons (Fsp3) is 0.455. The van der Waals surface area contributed by atoms with Gasteiger partial charge in [0, 0.05) is 29.4 Å².